The molecule has 1 amide bonds. The Morgan fingerprint density at radius 1 is 1.41 bits per heavy atom. The minimum absolute atomic E-state index is 0.0452. The maximum atomic E-state index is 11.5. The lowest BCUT2D eigenvalue weighted by molar-refractivity contribution is 0.0963. The summed E-state index contributed by atoms with van der Waals surface area (Å²) in [6.07, 6.45) is 2.28. The average Bonchev–Trinajstić information content (AvgIpc) is 2.31. The Bertz CT molecular complexity index is 388. The number of carbonyl (C=O) groups excluding carboxylic acids is 1. The van der Waals surface area contributed by atoms with Gasteiger partial charge in [0.05, 0.1) is 0 Å². The molecule has 0 aliphatic heterocycles. The molecule has 0 bridgehead atoms. The molecule has 1 rings (SSSR count). The lowest BCUT2D eigenvalue weighted by atomic mass is 10.1. The molecule has 94 valence electrons. The lowest BCUT2D eigenvalue weighted by Crippen LogP contribution is -2.19. The van der Waals surface area contributed by atoms with Gasteiger partial charge in [0.15, 0.2) is 0 Å². The van der Waals surface area contributed by atoms with E-state index in [0.29, 0.717) is 11.6 Å². The van der Waals surface area contributed by atoms with Crippen LogP contribution in [-0.4, -0.2) is 19.0 Å². The Morgan fingerprint density at radius 3 is 2.71 bits per heavy atom. The number of amides is 1. The highest BCUT2D eigenvalue weighted by atomic mass is 16.1. The van der Waals surface area contributed by atoms with Crippen LogP contribution in [0.15, 0.2) is 18.2 Å². The Morgan fingerprint density at radius 2 is 2.12 bits per heavy atom. The van der Waals surface area contributed by atoms with Gasteiger partial charge in [-0.1, -0.05) is 19.4 Å². The summed E-state index contributed by atoms with van der Waals surface area (Å²) in [6, 6.07) is 6.18. The molecule has 2 N–H and O–H groups in total. The van der Waals surface area contributed by atoms with Crippen molar-refractivity contribution in [2.45, 2.75) is 39.7 Å². The molecule has 17 heavy (non-hydrogen) atoms. The number of nitrogens with one attached hydrogen (secondary N) is 2. The maximum Gasteiger partial charge on any atom is 0.251 e. The Labute approximate surface area is 104 Å². The second kappa shape index (κ2) is 6.28. The molecule has 0 spiro atoms. The quantitative estimate of drug-likeness (QED) is 0.822. The first kappa shape index (κ1) is 13.6. The maximum absolute atomic E-state index is 11.5. The number of aryl methyl sites for hydroxylation is 1. The van der Waals surface area contributed by atoms with Crippen molar-refractivity contribution < 1.29 is 4.79 Å². The van der Waals surface area contributed by atoms with Crippen LogP contribution in [-0.2, 0) is 0 Å². The van der Waals surface area contributed by atoms with E-state index >= 15 is 0 Å². The van der Waals surface area contributed by atoms with Gasteiger partial charge in [-0.2, -0.15) is 0 Å². The van der Waals surface area contributed by atoms with Crippen LogP contribution in [0.1, 0.15) is 42.6 Å². The molecule has 3 heteroatoms. The number of benzene rings is 1. The van der Waals surface area contributed by atoms with Gasteiger partial charge in [-0.3, -0.25) is 4.79 Å². The fraction of sp³-hybridized carbons (Fsp3) is 0.500. The van der Waals surface area contributed by atoms with Crippen molar-refractivity contribution in [1.82, 2.24) is 5.32 Å². The highest BCUT2D eigenvalue weighted by molar-refractivity contribution is 5.95. The van der Waals surface area contributed by atoms with Gasteiger partial charge in [0, 0.05) is 24.3 Å². The highest BCUT2D eigenvalue weighted by Gasteiger charge is 2.08. The van der Waals surface area contributed by atoms with E-state index in [4.69, 9.17) is 0 Å². The van der Waals surface area contributed by atoms with Crippen molar-refractivity contribution in [2.75, 3.05) is 12.4 Å². The van der Waals surface area contributed by atoms with E-state index in [9.17, 15) is 4.79 Å². The summed E-state index contributed by atoms with van der Waals surface area (Å²) in [4.78, 5) is 11.5. The van der Waals surface area contributed by atoms with Gasteiger partial charge in [0.25, 0.3) is 5.91 Å². The van der Waals surface area contributed by atoms with Gasteiger partial charge in [0.1, 0.15) is 0 Å². The van der Waals surface area contributed by atoms with E-state index in [1.807, 2.05) is 18.2 Å². The van der Waals surface area contributed by atoms with Crippen LogP contribution in [0.2, 0.25) is 0 Å². The van der Waals surface area contributed by atoms with E-state index < -0.39 is 0 Å². The summed E-state index contributed by atoms with van der Waals surface area (Å²) in [5, 5.41) is 6.09. The largest absolute Gasteiger partial charge is 0.382 e. The highest BCUT2D eigenvalue weighted by Crippen LogP contribution is 2.18. The second-order valence-corrected chi connectivity index (χ2v) is 4.44. The summed E-state index contributed by atoms with van der Waals surface area (Å²) >= 11 is 0. The third-order valence-corrected chi connectivity index (χ3v) is 2.85. The molecule has 0 aliphatic carbocycles. The molecule has 1 atom stereocenters. The predicted molar refractivity (Wildman–Crippen MR) is 72.6 cm³/mol. The average molecular weight is 234 g/mol. The molecular weight excluding hydrogens is 212 g/mol. The third-order valence-electron chi connectivity index (χ3n) is 2.85. The zero-order valence-corrected chi connectivity index (χ0v) is 11.1. The van der Waals surface area contributed by atoms with E-state index in [0.717, 1.165) is 18.5 Å². The predicted octanol–water partition coefficient (Wildman–Crippen LogP) is 2.96. The number of rotatable bonds is 5. The van der Waals surface area contributed by atoms with E-state index in [1.165, 1.54) is 5.56 Å². The molecule has 3 nitrogen and oxygen atoms in total. The van der Waals surface area contributed by atoms with E-state index in [2.05, 4.69) is 31.4 Å². The summed E-state index contributed by atoms with van der Waals surface area (Å²) in [7, 11) is 1.65. The molecule has 0 heterocycles. The number of hydrogen-bond donors (Lipinski definition) is 2. The molecule has 1 unspecified atom stereocenters. The van der Waals surface area contributed by atoms with Gasteiger partial charge in [-0.15, -0.1) is 0 Å². The Kier molecular flexibility index (Phi) is 5.01. The monoisotopic (exact) mass is 234 g/mol. The fourth-order valence-electron chi connectivity index (χ4n) is 1.83. The zero-order valence-electron chi connectivity index (χ0n) is 11.1. The minimum Gasteiger partial charge on any atom is -0.382 e. The van der Waals surface area contributed by atoms with Gasteiger partial charge in [-0.05, 0) is 38.0 Å². The lowest BCUT2D eigenvalue weighted by Gasteiger charge is -2.17. The van der Waals surface area contributed by atoms with Gasteiger partial charge < -0.3 is 10.6 Å². The molecule has 0 radical (unpaired) electrons. The van der Waals surface area contributed by atoms with Crippen LogP contribution in [0.4, 0.5) is 5.69 Å². The molecule has 0 saturated heterocycles. The normalized spacial score (nSPS) is 12.0. The molecule has 0 aromatic heterocycles. The van der Waals surface area contributed by atoms with Crippen molar-refractivity contribution in [1.29, 1.82) is 0 Å². The van der Waals surface area contributed by atoms with Crippen molar-refractivity contribution >= 4 is 11.6 Å². The smallest absolute Gasteiger partial charge is 0.251 e. The van der Waals surface area contributed by atoms with Crippen LogP contribution >= 0.6 is 0 Å². The van der Waals surface area contributed by atoms with Gasteiger partial charge >= 0.3 is 0 Å². The summed E-state index contributed by atoms with van der Waals surface area (Å²) in [5.41, 5.74) is 2.91. The minimum atomic E-state index is -0.0452. The Hall–Kier alpha value is -1.51. The van der Waals surface area contributed by atoms with Gasteiger partial charge in [-0.25, -0.2) is 0 Å². The zero-order chi connectivity index (χ0) is 12.8. The van der Waals surface area contributed by atoms with Crippen LogP contribution in [0, 0.1) is 6.92 Å². The second-order valence-electron chi connectivity index (χ2n) is 4.44. The molecule has 0 aliphatic rings. The summed E-state index contributed by atoms with van der Waals surface area (Å²) < 4.78 is 0. The molecule has 0 fully saturated rings. The van der Waals surface area contributed by atoms with Crippen LogP contribution in [0.3, 0.4) is 0 Å². The first-order valence-electron chi connectivity index (χ1n) is 6.17. The topological polar surface area (TPSA) is 41.1 Å². The number of anilines is 1. The van der Waals surface area contributed by atoms with Crippen LogP contribution < -0.4 is 10.6 Å². The van der Waals surface area contributed by atoms with E-state index in [-0.39, 0.29) is 5.91 Å². The fourth-order valence-corrected chi connectivity index (χ4v) is 1.83. The summed E-state index contributed by atoms with van der Waals surface area (Å²) in [6.45, 7) is 6.39. The van der Waals surface area contributed by atoms with Crippen LogP contribution in [0.25, 0.3) is 0 Å². The third kappa shape index (κ3) is 3.77. The molecule has 1 aromatic carbocycles. The SMILES string of the molecule is CCCC(C)Nc1cc(C(=O)NC)ccc1C. The number of hydrogen-bond acceptors (Lipinski definition) is 2. The van der Waals surface area contributed by atoms with Crippen molar-refractivity contribution in [2.24, 2.45) is 0 Å². The van der Waals surface area contributed by atoms with Crippen LogP contribution in [0.5, 0.6) is 0 Å². The summed E-state index contributed by atoms with van der Waals surface area (Å²) in [5.74, 6) is -0.0452. The van der Waals surface area contributed by atoms with Crippen molar-refractivity contribution in [3.63, 3.8) is 0 Å². The first-order valence-corrected chi connectivity index (χ1v) is 6.17. The van der Waals surface area contributed by atoms with Gasteiger partial charge in [0.2, 0.25) is 0 Å². The van der Waals surface area contributed by atoms with Crippen molar-refractivity contribution in [3.05, 3.63) is 29.3 Å². The molecule has 1 aromatic rings. The number of carbonyl (C=O) groups is 1. The molecule has 0 saturated carbocycles. The van der Waals surface area contributed by atoms with E-state index in [1.54, 1.807) is 7.05 Å². The standard InChI is InChI=1S/C14H22N2O/c1-5-6-11(3)16-13-9-12(14(17)15-4)8-7-10(13)2/h7-9,11,16H,5-6H2,1-4H3,(H,15,17). The Balaban J connectivity index is 2.86. The molecular formula is C14H22N2O. The van der Waals surface area contributed by atoms with Crippen molar-refractivity contribution in [3.8, 4) is 0 Å². The first-order chi connectivity index (χ1) is 8.08.